The van der Waals surface area contributed by atoms with Gasteiger partial charge in [-0.2, -0.15) is 0 Å². The fourth-order valence-corrected chi connectivity index (χ4v) is 14.4. The lowest BCUT2D eigenvalue weighted by molar-refractivity contribution is 0.391. The molecule has 0 aliphatic heterocycles. The highest BCUT2D eigenvalue weighted by atomic mass is 35.5. The summed E-state index contributed by atoms with van der Waals surface area (Å²) in [4.78, 5) is 0. The van der Waals surface area contributed by atoms with E-state index in [4.69, 9.17) is 24.6 Å². The molecule has 0 saturated carbocycles. The molecule has 0 fully saturated rings. The van der Waals surface area contributed by atoms with Gasteiger partial charge in [-0.1, -0.05) is 11.6 Å². The summed E-state index contributed by atoms with van der Waals surface area (Å²) >= 11 is 6.20. The predicted molar refractivity (Wildman–Crippen MR) is 98.1 cm³/mol. The van der Waals surface area contributed by atoms with Crippen LogP contribution in [0.2, 0.25) is 50.9 Å². The van der Waals surface area contributed by atoms with Crippen LogP contribution in [0.4, 0.5) is 0 Å². The smallest absolute Gasteiger partial charge is 0.352 e. The second-order valence-electron chi connectivity index (χ2n) is 7.22. The van der Waals surface area contributed by atoms with Gasteiger partial charge in [0.2, 0.25) is 0 Å². The highest BCUT2D eigenvalue weighted by Crippen LogP contribution is 2.25. The molecular weight excluding hydrogens is 336 g/mol. The van der Waals surface area contributed by atoms with Crippen molar-refractivity contribution in [1.82, 2.24) is 0 Å². The van der Waals surface area contributed by atoms with Crippen molar-refractivity contribution in [3.8, 4) is 5.75 Å². The molecule has 0 aromatic heterocycles. The van der Waals surface area contributed by atoms with Crippen LogP contribution in [0.15, 0.2) is 18.2 Å². The first-order valence-corrected chi connectivity index (χ1v) is 16.6. The number of halogens is 1. The molecule has 0 saturated heterocycles. The van der Waals surface area contributed by atoms with Crippen LogP contribution in [-0.2, 0) is 8.23 Å². The summed E-state index contributed by atoms with van der Waals surface area (Å²) < 4.78 is 18.6. The minimum Gasteiger partial charge on any atom is -0.497 e. The Labute approximate surface area is 137 Å². The average Bonchev–Trinajstić information content (AvgIpc) is 2.23. The van der Waals surface area contributed by atoms with E-state index in [-0.39, 0.29) is 0 Å². The number of hydrogen-bond donors (Lipinski definition) is 0. The molecule has 120 valence electrons. The topological polar surface area (TPSA) is 27.7 Å². The normalized spacial score (nSPS) is 13.4. The average molecular weight is 363 g/mol. The third-order valence-corrected chi connectivity index (χ3v) is 12.3. The van der Waals surface area contributed by atoms with Gasteiger partial charge in [0.1, 0.15) is 5.75 Å². The highest BCUT2D eigenvalue weighted by Gasteiger charge is 2.44. The first-order valence-electron chi connectivity index (χ1n) is 7.11. The lowest BCUT2D eigenvalue weighted by atomic mass is 10.3. The zero-order valence-electron chi connectivity index (χ0n) is 14.3. The van der Waals surface area contributed by atoms with Crippen molar-refractivity contribution in [2.45, 2.75) is 45.8 Å². The Morgan fingerprint density at radius 2 is 1.33 bits per heavy atom. The fraction of sp³-hybridized carbons (Fsp3) is 0.571. The van der Waals surface area contributed by atoms with Crippen molar-refractivity contribution in [3.63, 3.8) is 0 Å². The molecule has 0 amide bonds. The van der Waals surface area contributed by atoms with Crippen LogP contribution < -0.4 is 9.92 Å². The molecule has 0 aliphatic rings. The van der Waals surface area contributed by atoms with E-state index < -0.39 is 25.2 Å². The molecule has 0 aliphatic carbocycles. The molecule has 0 heterocycles. The predicted octanol–water partition coefficient (Wildman–Crippen LogP) is 4.33. The zero-order chi connectivity index (χ0) is 16.5. The molecule has 0 N–H and O–H groups in total. The van der Waals surface area contributed by atoms with Crippen molar-refractivity contribution in [1.29, 1.82) is 0 Å². The summed E-state index contributed by atoms with van der Waals surface area (Å²) in [6.45, 7) is 15.2. The molecule has 3 nitrogen and oxygen atoms in total. The van der Waals surface area contributed by atoms with E-state index >= 15 is 0 Å². The lowest BCUT2D eigenvalue weighted by Crippen LogP contribution is -2.60. The Kier molecular flexibility index (Phi) is 5.91. The van der Waals surface area contributed by atoms with E-state index in [9.17, 15) is 0 Å². The summed E-state index contributed by atoms with van der Waals surface area (Å²) in [5, 5.41) is 1.67. The Bertz CT molecular complexity index is 479. The van der Waals surface area contributed by atoms with Gasteiger partial charge >= 0.3 is 8.56 Å². The molecule has 0 spiro atoms. The van der Waals surface area contributed by atoms with Gasteiger partial charge in [0.15, 0.2) is 16.6 Å². The van der Waals surface area contributed by atoms with Crippen LogP contribution in [0, 0.1) is 0 Å². The van der Waals surface area contributed by atoms with E-state index in [1.807, 2.05) is 18.2 Å². The molecule has 1 aromatic rings. The number of ether oxygens (including phenoxy) is 1. The highest BCUT2D eigenvalue weighted by molar-refractivity contribution is 6.94. The monoisotopic (exact) mass is 362 g/mol. The molecule has 0 radical (unpaired) electrons. The van der Waals surface area contributed by atoms with Gasteiger partial charge in [-0.25, -0.2) is 0 Å². The first-order chi connectivity index (χ1) is 9.36. The van der Waals surface area contributed by atoms with Gasteiger partial charge in [-0.3, -0.25) is 0 Å². The third kappa shape index (κ3) is 5.88. The number of hydrogen-bond acceptors (Lipinski definition) is 3. The van der Waals surface area contributed by atoms with Crippen LogP contribution >= 0.6 is 11.6 Å². The Hall–Kier alpha value is -0.119. The van der Waals surface area contributed by atoms with Crippen molar-refractivity contribution < 1.29 is 13.0 Å². The fourth-order valence-electron chi connectivity index (χ4n) is 2.33. The SMILES string of the molecule is COc1ccc(Cl)cc1[Si](C)(O[Si](C)(C)C)O[Si](C)(C)C. The summed E-state index contributed by atoms with van der Waals surface area (Å²) in [6.07, 6.45) is 0. The van der Waals surface area contributed by atoms with Crippen LogP contribution in [0.25, 0.3) is 0 Å². The minimum absolute atomic E-state index is 0.683. The quantitative estimate of drug-likeness (QED) is 0.705. The van der Waals surface area contributed by atoms with Crippen molar-refractivity contribution in [2.75, 3.05) is 7.11 Å². The van der Waals surface area contributed by atoms with Gasteiger partial charge in [-0.15, -0.1) is 0 Å². The third-order valence-electron chi connectivity index (χ3n) is 2.65. The minimum atomic E-state index is -2.58. The first kappa shape index (κ1) is 18.9. The van der Waals surface area contributed by atoms with Crippen molar-refractivity contribution >= 4 is 42.0 Å². The van der Waals surface area contributed by atoms with Crippen LogP contribution in [0.5, 0.6) is 5.75 Å². The maximum absolute atomic E-state index is 6.54. The number of methoxy groups -OCH3 is 1. The molecular formula is C14H27ClO3Si3. The Morgan fingerprint density at radius 3 is 1.71 bits per heavy atom. The van der Waals surface area contributed by atoms with Crippen LogP contribution in [-0.4, -0.2) is 32.3 Å². The summed E-state index contributed by atoms with van der Waals surface area (Å²) in [5.74, 6) is 0.796. The Balaban J connectivity index is 3.39. The van der Waals surface area contributed by atoms with Gasteiger partial charge in [-0.05, 0) is 64.0 Å². The maximum Gasteiger partial charge on any atom is 0.352 e. The molecule has 7 heteroatoms. The standard InChI is InChI=1S/C14H27ClO3Si3/c1-16-13-10-9-12(15)11-14(13)21(8,17-19(2,3)4)18-20(5,6)7/h9-11H,1-8H3. The number of rotatable bonds is 6. The number of benzene rings is 1. The molecule has 1 rings (SSSR count). The molecule has 0 bridgehead atoms. The van der Waals surface area contributed by atoms with E-state index in [1.54, 1.807) is 7.11 Å². The Morgan fingerprint density at radius 1 is 0.857 bits per heavy atom. The second kappa shape index (κ2) is 6.56. The van der Waals surface area contributed by atoms with Crippen LogP contribution in [0.1, 0.15) is 0 Å². The van der Waals surface area contributed by atoms with Crippen LogP contribution in [0.3, 0.4) is 0 Å². The van der Waals surface area contributed by atoms with Crippen molar-refractivity contribution in [3.05, 3.63) is 23.2 Å². The summed E-state index contributed by atoms with van der Waals surface area (Å²) in [5.41, 5.74) is 0. The van der Waals surface area contributed by atoms with Gasteiger partial charge in [0.05, 0.1) is 7.11 Å². The van der Waals surface area contributed by atoms with E-state index in [0.29, 0.717) is 5.02 Å². The summed E-state index contributed by atoms with van der Waals surface area (Å²) in [6, 6.07) is 5.67. The second-order valence-corrected chi connectivity index (χ2v) is 20.2. The van der Waals surface area contributed by atoms with E-state index in [0.717, 1.165) is 10.9 Å². The van der Waals surface area contributed by atoms with E-state index in [2.05, 4.69) is 45.8 Å². The summed E-state index contributed by atoms with van der Waals surface area (Å²) in [7, 11) is -4.44. The zero-order valence-corrected chi connectivity index (χ0v) is 18.1. The molecule has 21 heavy (non-hydrogen) atoms. The van der Waals surface area contributed by atoms with Gasteiger partial charge < -0.3 is 13.0 Å². The molecule has 0 atom stereocenters. The van der Waals surface area contributed by atoms with E-state index in [1.165, 1.54) is 0 Å². The lowest BCUT2D eigenvalue weighted by Gasteiger charge is -2.39. The van der Waals surface area contributed by atoms with Gasteiger partial charge in [0.25, 0.3) is 0 Å². The molecule has 0 unspecified atom stereocenters. The van der Waals surface area contributed by atoms with Gasteiger partial charge in [0, 0.05) is 10.2 Å². The maximum atomic E-state index is 6.54. The van der Waals surface area contributed by atoms with Crippen molar-refractivity contribution in [2.24, 2.45) is 0 Å². The largest absolute Gasteiger partial charge is 0.497 e. The molecule has 1 aromatic carbocycles.